The quantitative estimate of drug-likeness (QED) is 0.647. The molecule has 0 N–H and O–H groups in total. The van der Waals surface area contributed by atoms with Gasteiger partial charge in [-0.05, 0) is 27.7 Å². The maximum Gasteiger partial charge on any atom is 0.410 e. The fourth-order valence-corrected chi connectivity index (χ4v) is 1.43. The predicted molar refractivity (Wildman–Crippen MR) is 53.2 cm³/mol. The zero-order valence-corrected chi connectivity index (χ0v) is 9.32. The van der Waals surface area contributed by atoms with Crippen molar-refractivity contribution in [3.05, 3.63) is 0 Å². The van der Waals surface area contributed by atoms with Crippen molar-refractivity contribution in [1.82, 2.24) is 4.90 Å². The highest BCUT2D eigenvalue weighted by molar-refractivity contribution is 5.68. The molecule has 2 unspecified atom stereocenters. The van der Waals surface area contributed by atoms with Gasteiger partial charge in [-0.25, -0.2) is 4.79 Å². The third-order valence-electron chi connectivity index (χ3n) is 2.18. The lowest BCUT2D eigenvalue weighted by molar-refractivity contribution is -0.0491. The Morgan fingerprint density at radius 2 is 2.14 bits per heavy atom. The van der Waals surface area contributed by atoms with Gasteiger partial charge in [0.25, 0.3) is 0 Å². The summed E-state index contributed by atoms with van der Waals surface area (Å²) >= 11 is 0. The standard InChI is InChI=1S/C10H19NO3/c1-7(2)14-10(12)11-5-9(4)13-6-8(11)3/h7-9H,5-6H2,1-4H3. The largest absolute Gasteiger partial charge is 0.447 e. The lowest BCUT2D eigenvalue weighted by Gasteiger charge is -2.36. The molecule has 4 heteroatoms. The number of carbonyl (C=O) groups is 1. The molecule has 1 rings (SSSR count). The molecule has 0 saturated carbocycles. The molecule has 1 saturated heterocycles. The summed E-state index contributed by atoms with van der Waals surface area (Å²) < 4.78 is 10.6. The topological polar surface area (TPSA) is 38.8 Å². The van der Waals surface area contributed by atoms with Gasteiger partial charge >= 0.3 is 6.09 Å². The van der Waals surface area contributed by atoms with Gasteiger partial charge < -0.3 is 14.4 Å². The predicted octanol–water partition coefficient (Wildman–Crippen LogP) is 1.64. The van der Waals surface area contributed by atoms with Crippen LogP contribution in [0.5, 0.6) is 0 Å². The Morgan fingerprint density at radius 3 is 2.71 bits per heavy atom. The smallest absolute Gasteiger partial charge is 0.410 e. The van der Waals surface area contributed by atoms with Crippen molar-refractivity contribution >= 4 is 6.09 Å². The Balaban J connectivity index is 2.51. The summed E-state index contributed by atoms with van der Waals surface area (Å²) in [6.07, 6.45) is -0.193. The third kappa shape index (κ3) is 2.87. The maximum absolute atomic E-state index is 11.6. The van der Waals surface area contributed by atoms with Crippen molar-refractivity contribution in [3.63, 3.8) is 0 Å². The Bertz CT molecular complexity index is 206. The number of amides is 1. The first-order valence-electron chi connectivity index (χ1n) is 5.09. The second-order valence-corrected chi connectivity index (χ2v) is 4.08. The van der Waals surface area contributed by atoms with Crippen LogP contribution in [0.2, 0.25) is 0 Å². The zero-order valence-electron chi connectivity index (χ0n) is 9.32. The van der Waals surface area contributed by atoms with E-state index in [1.165, 1.54) is 0 Å². The number of carbonyl (C=O) groups excluding carboxylic acids is 1. The summed E-state index contributed by atoms with van der Waals surface area (Å²) in [5.74, 6) is 0. The fraction of sp³-hybridized carbons (Fsp3) is 0.900. The van der Waals surface area contributed by atoms with E-state index in [1.807, 2.05) is 27.7 Å². The van der Waals surface area contributed by atoms with Gasteiger partial charge in [0.2, 0.25) is 0 Å². The highest BCUT2D eigenvalue weighted by Crippen LogP contribution is 2.13. The molecule has 0 aliphatic carbocycles. The van der Waals surface area contributed by atoms with Crippen molar-refractivity contribution in [2.45, 2.75) is 45.9 Å². The number of hydrogen-bond acceptors (Lipinski definition) is 3. The summed E-state index contributed by atoms with van der Waals surface area (Å²) in [6, 6.07) is 0.109. The summed E-state index contributed by atoms with van der Waals surface area (Å²) in [5.41, 5.74) is 0. The number of morpholine rings is 1. The van der Waals surface area contributed by atoms with E-state index in [9.17, 15) is 4.79 Å². The summed E-state index contributed by atoms with van der Waals surface area (Å²) in [6.45, 7) is 8.84. The molecular weight excluding hydrogens is 182 g/mol. The fourth-order valence-electron chi connectivity index (χ4n) is 1.43. The molecule has 0 radical (unpaired) electrons. The van der Waals surface area contributed by atoms with Gasteiger partial charge in [-0.3, -0.25) is 0 Å². The molecule has 1 heterocycles. The SMILES string of the molecule is CC(C)OC(=O)N1CC(C)OCC1C. The van der Waals surface area contributed by atoms with Crippen LogP contribution in [0, 0.1) is 0 Å². The van der Waals surface area contributed by atoms with Crippen LogP contribution >= 0.6 is 0 Å². The van der Waals surface area contributed by atoms with Gasteiger partial charge in [-0.1, -0.05) is 0 Å². The van der Waals surface area contributed by atoms with Crippen molar-refractivity contribution in [1.29, 1.82) is 0 Å². The first-order chi connectivity index (χ1) is 6.50. The van der Waals surface area contributed by atoms with Crippen molar-refractivity contribution in [3.8, 4) is 0 Å². The van der Waals surface area contributed by atoms with Crippen LogP contribution in [0.3, 0.4) is 0 Å². The minimum atomic E-state index is -0.234. The first-order valence-corrected chi connectivity index (χ1v) is 5.09. The van der Waals surface area contributed by atoms with Gasteiger partial charge in [-0.2, -0.15) is 0 Å². The van der Waals surface area contributed by atoms with E-state index in [4.69, 9.17) is 9.47 Å². The molecule has 0 aromatic carbocycles. The Kier molecular flexibility index (Phi) is 3.75. The highest BCUT2D eigenvalue weighted by atomic mass is 16.6. The number of rotatable bonds is 1. The molecule has 0 aromatic rings. The summed E-state index contributed by atoms with van der Waals surface area (Å²) in [7, 11) is 0. The molecule has 4 nitrogen and oxygen atoms in total. The molecule has 0 spiro atoms. The Hall–Kier alpha value is -0.770. The molecule has 0 bridgehead atoms. The van der Waals surface area contributed by atoms with Crippen LogP contribution < -0.4 is 0 Å². The van der Waals surface area contributed by atoms with E-state index in [2.05, 4.69) is 0 Å². The van der Waals surface area contributed by atoms with Crippen molar-refractivity contribution < 1.29 is 14.3 Å². The second-order valence-electron chi connectivity index (χ2n) is 4.08. The lowest BCUT2D eigenvalue weighted by Crippen LogP contribution is -2.50. The first kappa shape index (κ1) is 11.3. The van der Waals surface area contributed by atoms with E-state index < -0.39 is 0 Å². The molecule has 1 amide bonds. The normalized spacial score (nSPS) is 27.9. The molecule has 1 fully saturated rings. The van der Waals surface area contributed by atoms with Crippen LogP contribution in [0.25, 0.3) is 0 Å². The molecule has 2 atom stereocenters. The molecule has 0 aromatic heterocycles. The molecule has 14 heavy (non-hydrogen) atoms. The highest BCUT2D eigenvalue weighted by Gasteiger charge is 2.28. The molecule has 82 valence electrons. The van der Waals surface area contributed by atoms with Gasteiger partial charge in [0.05, 0.1) is 31.4 Å². The third-order valence-corrected chi connectivity index (χ3v) is 2.18. The van der Waals surface area contributed by atoms with E-state index in [1.54, 1.807) is 4.90 Å². The van der Waals surface area contributed by atoms with Gasteiger partial charge in [0, 0.05) is 0 Å². The zero-order chi connectivity index (χ0) is 10.7. The van der Waals surface area contributed by atoms with E-state index in [-0.39, 0.29) is 24.3 Å². The molecular formula is C10H19NO3. The summed E-state index contributed by atoms with van der Waals surface area (Å²) in [5, 5.41) is 0. The Morgan fingerprint density at radius 1 is 1.50 bits per heavy atom. The van der Waals surface area contributed by atoms with Gasteiger partial charge in [0.15, 0.2) is 0 Å². The minimum absolute atomic E-state index is 0.0622. The number of nitrogens with zero attached hydrogens (tertiary/aromatic N) is 1. The average molecular weight is 201 g/mol. The monoisotopic (exact) mass is 201 g/mol. The summed E-state index contributed by atoms with van der Waals surface area (Å²) in [4.78, 5) is 13.3. The lowest BCUT2D eigenvalue weighted by atomic mass is 10.2. The second kappa shape index (κ2) is 4.64. The van der Waals surface area contributed by atoms with E-state index in [0.29, 0.717) is 13.2 Å². The van der Waals surface area contributed by atoms with E-state index in [0.717, 1.165) is 0 Å². The van der Waals surface area contributed by atoms with Crippen LogP contribution in [0.4, 0.5) is 4.79 Å². The van der Waals surface area contributed by atoms with Gasteiger partial charge in [-0.15, -0.1) is 0 Å². The van der Waals surface area contributed by atoms with Crippen LogP contribution in [-0.4, -0.2) is 42.4 Å². The van der Waals surface area contributed by atoms with Crippen molar-refractivity contribution in [2.75, 3.05) is 13.2 Å². The number of hydrogen-bond donors (Lipinski definition) is 0. The minimum Gasteiger partial charge on any atom is -0.447 e. The molecule has 1 aliphatic heterocycles. The van der Waals surface area contributed by atoms with Crippen molar-refractivity contribution in [2.24, 2.45) is 0 Å². The number of ether oxygens (including phenoxy) is 2. The van der Waals surface area contributed by atoms with E-state index >= 15 is 0 Å². The van der Waals surface area contributed by atoms with Crippen LogP contribution in [-0.2, 0) is 9.47 Å². The van der Waals surface area contributed by atoms with Crippen LogP contribution in [0.15, 0.2) is 0 Å². The van der Waals surface area contributed by atoms with Gasteiger partial charge in [0.1, 0.15) is 0 Å². The molecule has 1 aliphatic rings. The maximum atomic E-state index is 11.6. The average Bonchev–Trinajstić information content (AvgIpc) is 2.08. The van der Waals surface area contributed by atoms with Crippen LogP contribution in [0.1, 0.15) is 27.7 Å². The Labute approximate surface area is 85.2 Å².